The molecule has 2 aromatic heterocycles. The summed E-state index contributed by atoms with van der Waals surface area (Å²) < 4.78 is 5.88. The van der Waals surface area contributed by atoms with E-state index >= 15 is 0 Å². The average Bonchev–Trinajstić information content (AvgIpc) is 3.07. The van der Waals surface area contributed by atoms with E-state index in [9.17, 15) is 4.79 Å². The summed E-state index contributed by atoms with van der Waals surface area (Å²) in [5.41, 5.74) is 8.30. The van der Waals surface area contributed by atoms with Crippen LogP contribution in [-0.2, 0) is 6.61 Å². The molecular weight excluding hydrogens is 318 g/mol. The van der Waals surface area contributed by atoms with Crippen LogP contribution in [0.5, 0.6) is 5.75 Å². The van der Waals surface area contributed by atoms with Crippen molar-refractivity contribution in [2.24, 2.45) is 5.73 Å². The monoisotopic (exact) mass is 337 g/mol. The van der Waals surface area contributed by atoms with Crippen LogP contribution in [0.1, 0.15) is 21.7 Å². The first-order chi connectivity index (χ1) is 12.0. The Balaban J connectivity index is 1.93. The zero-order valence-corrected chi connectivity index (χ0v) is 14.0. The lowest BCUT2D eigenvalue weighted by Gasteiger charge is -2.12. The summed E-state index contributed by atoms with van der Waals surface area (Å²) in [4.78, 5) is 20.8. The fraction of sp³-hybridized carbons (Fsp3) is 0.167. The Kier molecular flexibility index (Phi) is 4.38. The summed E-state index contributed by atoms with van der Waals surface area (Å²) in [5.74, 6) is -0.0541. The highest BCUT2D eigenvalue weighted by molar-refractivity contribution is 6.06. The quantitative estimate of drug-likeness (QED) is 0.502. The van der Waals surface area contributed by atoms with E-state index in [4.69, 9.17) is 15.9 Å². The maximum absolute atomic E-state index is 12.4. The maximum atomic E-state index is 12.4. The van der Waals surface area contributed by atoms with Gasteiger partial charge in [-0.2, -0.15) is 0 Å². The number of aromatic amines is 1. The number of amides is 1. The van der Waals surface area contributed by atoms with Crippen LogP contribution in [0.4, 0.5) is 0 Å². The largest absolute Gasteiger partial charge is 0.485 e. The van der Waals surface area contributed by atoms with Gasteiger partial charge >= 0.3 is 0 Å². The van der Waals surface area contributed by atoms with E-state index in [0.29, 0.717) is 18.1 Å². The van der Waals surface area contributed by atoms with Crippen LogP contribution in [-0.4, -0.2) is 33.8 Å². The Morgan fingerprint density at radius 2 is 2.16 bits per heavy atom. The molecule has 25 heavy (non-hydrogen) atoms. The van der Waals surface area contributed by atoms with Gasteiger partial charge < -0.3 is 15.5 Å². The van der Waals surface area contributed by atoms with Gasteiger partial charge in [0.05, 0.1) is 11.2 Å². The van der Waals surface area contributed by atoms with Crippen LogP contribution in [0.2, 0.25) is 0 Å². The summed E-state index contributed by atoms with van der Waals surface area (Å²) in [7, 11) is 1.46. The van der Waals surface area contributed by atoms with Gasteiger partial charge in [-0.05, 0) is 36.8 Å². The number of ether oxygens (including phenoxy) is 1. The molecule has 0 saturated heterocycles. The molecule has 0 fully saturated rings. The van der Waals surface area contributed by atoms with Crippen molar-refractivity contribution >= 4 is 22.8 Å². The van der Waals surface area contributed by atoms with Crippen LogP contribution >= 0.6 is 0 Å². The summed E-state index contributed by atoms with van der Waals surface area (Å²) in [6, 6.07) is 11.2. The number of nitrogens with two attached hydrogens (primary N) is 1. The molecule has 128 valence electrons. The Morgan fingerprint density at radius 3 is 2.84 bits per heavy atom. The number of nitrogens with one attached hydrogen (secondary N) is 2. The van der Waals surface area contributed by atoms with Gasteiger partial charge in [-0.1, -0.05) is 12.1 Å². The molecule has 0 unspecified atom stereocenters. The molecule has 0 aliphatic carbocycles. The molecule has 0 saturated carbocycles. The number of fused-ring (bicyclic) bond motifs is 1. The van der Waals surface area contributed by atoms with E-state index in [1.165, 1.54) is 7.05 Å². The summed E-state index contributed by atoms with van der Waals surface area (Å²) in [6.45, 7) is 2.29. The molecule has 1 aromatic carbocycles. The molecule has 0 aliphatic rings. The molecule has 3 rings (SSSR count). The standard InChI is InChI=1S/C18H19N5O2/c1-11-6-7-15(25-10-12-5-3-4-8-21-12)16-13(11)9-14(22-16)17(24)23(2)18(19)20/h3-9,22H,10H2,1-2H3,(H3,19,20). The van der Waals surface area contributed by atoms with Crippen molar-refractivity contribution in [2.75, 3.05) is 7.05 Å². The van der Waals surface area contributed by atoms with Crippen molar-refractivity contribution in [1.82, 2.24) is 14.9 Å². The Labute approximate surface area is 144 Å². The molecular formula is C18H19N5O2. The van der Waals surface area contributed by atoms with E-state index in [0.717, 1.165) is 27.1 Å². The predicted octanol–water partition coefficient (Wildman–Crippen LogP) is 2.42. The van der Waals surface area contributed by atoms with Crippen molar-refractivity contribution in [3.8, 4) is 5.75 Å². The second-order valence-electron chi connectivity index (χ2n) is 5.71. The number of rotatable bonds is 4. The van der Waals surface area contributed by atoms with Crippen LogP contribution in [0.3, 0.4) is 0 Å². The lowest BCUT2D eigenvalue weighted by Crippen LogP contribution is -2.38. The van der Waals surface area contributed by atoms with Gasteiger partial charge in [-0.25, -0.2) is 0 Å². The minimum absolute atomic E-state index is 0.313. The van der Waals surface area contributed by atoms with E-state index in [1.54, 1.807) is 12.3 Å². The third kappa shape index (κ3) is 3.30. The third-order valence-electron chi connectivity index (χ3n) is 3.97. The van der Waals surface area contributed by atoms with Crippen molar-refractivity contribution in [1.29, 1.82) is 5.41 Å². The number of carbonyl (C=O) groups excluding carboxylic acids is 1. The molecule has 0 spiro atoms. The first kappa shape index (κ1) is 16.5. The number of aromatic nitrogens is 2. The van der Waals surface area contributed by atoms with Crippen molar-refractivity contribution in [3.63, 3.8) is 0 Å². The number of benzene rings is 1. The van der Waals surface area contributed by atoms with Gasteiger partial charge in [0, 0.05) is 18.6 Å². The predicted molar refractivity (Wildman–Crippen MR) is 95.6 cm³/mol. The second kappa shape index (κ2) is 6.64. The SMILES string of the molecule is Cc1ccc(OCc2ccccn2)c2[nH]c(C(=O)N(C)C(=N)N)cc12. The number of carbonyl (C=O) groups is 1. The molecule has 4 N–H and O–H groups in total. The van der Waals surface area contributed by atoms with Gasteiger partial charge in [0.1, 0.15) is 18.1 Å². The highest BCUT2D eigenvalue weighted by Gasteiger charge is 2.18. The molecule has 2 heterocycles. The molecule has 3 aromatic rings. The molecule has 1 amide bonds. The summed E-state index contributed by atoms with van der Waals surface area (Å²) in [6.07, 6.45) is 1.71. The first-order valence-electron chi connectivity index (χ1n) is 7.74. The zero-order valence-electron chi connectivity index (χ0n) is 14.0. The lowest BCUT2D eigenvalue weighted by molar-refractivity contribution is 0.0864. The minimum Gasteiger partial charge on any atom is -0.485 e. The van der Waals surface area contributed by atoms with Gasteiger partial charge in [0.15, 0.2) is 5.96 Å². The number of nitrogens with zero attached hydrogens (tertiary/aromatic N) is 2. The lowest BCUT2D eigenvalue weighted by atomic mass is 10.1. The van der Waals surface area contributed by atoms with Crippen molar-refractivity contribution in [2.45, 2.75) is 13.5 Å². The van der Waals surface area contributed by atoms with Crippen LogP contribution < -0.4 is 10.5 Å². The normalized spacial score (nSPS) is 10.6. The highest BCUT2D eigenvalue weighted by Crippen LogP contribution is 2.29. The zero-order chi connectivity index (χ0) is 18.0. The van der Waals surface area contributed by atoms with Gasteiger partial charge in [-0.3, -0.25) is 20.1 Å². The van der Waals surface area contributed by atoms with Crippen molar-refractivity contribution < 1.29 is 9.53 Å². The maximum Gasteiger partial charge on any atom is 0.276 e. The topological polar surface area (TPSA) is 108 Å². The molecule has 0 atom stereocenters. The number of pyridine rings is 1. The molecule has 7 heteroatoms. The fourth-order valence-corrected chi connectivity index (χ4v) is 2.49. The third-order valence-corrected chi connectivity index (χ3v) is 3.97. The van der Waals surface area contributed by atoms with E-state index in [2.05, 4.69) is 9.97 Å². The smallest absolute Gasteiger partial charge is 0.276 e. The van der Waals surface area contributed by atoms with Gasteiger partial charge in [0.25, 0.3) is 5.91 Å². The number of H-pyrrole nitrogens is 1. The summed E-state index contributed by atoms with van der Waals surface area (Å²) >= 11 is 0. The van der Waals surface area contributed by atoms with Crippen LogP contribution in [0.15, 0.2) is 42.6 Å². The van der Waals surface area contributed by atoms with E-state index in [1.807, 2.05) is 37.3 Å². The molecule has 0 bridgehead atoms. The molecule has 0 aliphatic heterocycles. The van der Waals surface area contributed by atoms with Crippen LogP contribution in [0, 0.1) is 12.3 Å². The minimum atomic E-state index is -0.376. The molecule has 7 nitrogen and oxygen atoms in total. The van der Waals surface area contributed by atoms with Gasteiger partial charge in [-0.15, -0.1) is 0 Å². The van der Waals surface area contributed by atoms with E-state index < -0.39 is 0 Å². The Hall–Kier alpha value is -3.35. The fourth-order valence-electron chi connectivity index (χ4n) is 2.49. The highest BCUT2D eigenvalue weighted by atomic mass is 16.5. The first-order valence-corrected chi connectivity index (χ1v) is 7.74. The number of aryl methyl sites for hydroxylation is 1. The Bertz CT molecular complexity index is 933. The molecule has 0 radical (unpaired) electrons. The van der Waals surface area contributed by atoms with Crippen LogP contribution in [0.25, 0.3) is 10.9 Å². The number of hydrogen-bond acceptors (Lipinski definition) is 4. The second-order valence-corrected chi connectivity index (χ2v) is 5.71. The number of hydrogen-bond donors (Lipinski definition) is 3. The summed E-state index contributed by atoms with van der Waals surface area (Å²) in [5, 5.41) is 8.29. The number of guanidine groups is 1. The Morgan fingerprint density at radius 1 is 1.36 bits per heavy atom. The van der Waals surface area contributed by atoms with Gasteiger partial charge in [0.2, 0.25) is 0 Å². The average molecular weight is 337 g/mol. The van der Waals surface area contributed by atoms with Crippen molar-refractivity contribution in [3.05, 3.63) is 59.5 Å². The van der Waals surface area contributed by atoms with E-state index in [-0.39, 0.29) is 11.9 Å².